The second kappa shape index (κ2) is 10.7. The van der Waals surface area contributed by atoms with E-state index in [1.807, 2.05) is 17.8 Å². The lowest BCUT2D eigenvalue weighted by molar-refractivity contribution is -0.125. The van der Waals surface area contributed by atoms with Gasteiger partial charge in [-0.15, -0.1) is 0 Å². The highest BCUT2D eigenvalue weighted by Gasteiger charge is 2.28. The van der Waals surface area contributed by atoms with E-state index in [4.69, 9.17) is 21.7 Å². The molecule has 2 fully saturated rings. The third-order valence-corrected chi connectivity index (χ3v) is 7.54. The monoisotopic (exact) mass is 513 g/mol. The minimum Gasteiger partial charge on any atom is -0.383 e. The molecular weight excluding hydrogens is 478 g/mol. The number of nitrogen functional groups attached to an aromatic ring is 1. The molecule has 0 unspecified atom stereocenters. The van der Waals surface area contributed by atoms with Crippen LogP contribution in [-0.4, -0.2) is 49.4 Å². The molecule has 1 aromatic carbocycles. The Labute approximate surface area is 223 Å². The Balaban J connectivity index is 1.39. The minimum atomic E-state index is -0.603. The van der Waals surface area contributed by atoms with Gasteiger partial charge < -0.3 is 16.4 Å². The standard InChI is InChI=1S/C29H35N7O2/c1-3-7-25(37)34-14-5-10-23(11-6-15-34)36-28(30)26(29(31)38)27(33-36)24-18-35(32-19(24)2)17-20-8-4-9-22(16-20)21-12-13-21/h4,8-9,16,18,21,23H,5-6,10-15,17,30H2,1-2H3,(H2,31,38). The normalized spacial score (nSPS) is 16.4. The molecular formula is C29H35N7O2. The fourth-order valence-electron chi connectivity index (χ4n) is 5.46. The summed E-state index contributed by atoms with van der Waals surface area (Å²) in [6.07, 6.45) is 7.59. The van der Waals surface area contributed by atoms with Crippen LogP contribution in [0.15, 0.2) is 30.5 Å². The Bertz CT molecular complexity index is 1410. The number of primary amides is 1. The van der Waals surface area contributed by atoms with E-state index in [0.29, 0.717) is 31.2 Å². The van der Waals surface area contributed by atoms with Crippen molar-refractivity contribution in [2.75, 3.05) is 18.8 Å². The lowest BCUT2D eigenvalue weighted by Gasteiger charge is -2.27. The molecule has 0 bridgehead atoms. The molecule has 0 radical (unpaired) electrons. The van der Waals surface area contributed by atoms with Gasteiger partial charge in [-0.3, -0.25) is 14.3 Å². The molecule has 2 aliphatic rings. The van der Waals surface area contributed by atoms with Gasteiger partial charge in [0.15, 0.2) is 0 Å². The molecule has 38 heavy (non-hydrogen) atoms. The number of anilines is 1. The van der Waals surface area contributed by atoms with Crippen LogP contribution in [0.3, 0.4) is 0 Å². The van der Waals surface area contributed by atoms with Gasteiger partial charge in [0.2, 0.25) is 0 Å². The van der Waals surface area contributed by atoms with Crippen LogP contribution in [0.1, 0.15) is 84.6 Å². The van der Waals surface area contributed by atoms with E-state index in [0.717, 1.165) is 36.9 Å². The average molecular weight is 514 g/mol. The predicted octanol–water partition coefficient (Wildman–Crippen LogP) is 3.63. The van der Waals surface area contributed by atoms with Gasteiger partial charge in [0.05, 0.1) is 18.3 Å². The Morgan fingerprint density at radius 1 is 1.11 bits per heavy atom. The summed E-state index contributed by atoms with van der Waals surface area (Å²) in [6.45, 7) is 5.48. The summed E-state index contributed by atoms with van der Waals surface area (Å²) in [5.74, 6) is 5.56. The summed E-state index contributed by atoms with van der Waals surface area (Å²) in [5.41, 5.74) is 17.1. The lowest BCUT2D eigenvalue weighted by Crippen LogP contribution is -2.34. The van der Waals surface area contributed by atoms with Gasteiger partial charge in [-0.05, 0) is 75.3 Å². The lowest BCUT2D eigenvalue weighted by atomic mass is 10.0. The molecule has 9 heteroatoms. The van der Waals surface area contributed by atoms with E-state index in [1.54, 1.807) is 16.5 Å². The number of aromatic nitrogens is 4. The highest BCUT2D eigenvalue weighted by Crippen LogP contribution is 2.40. The molecule has 1 saturated carbocycles. The van der Waals surface area contributed by atoms with Crippen molar-refractivity contribution in [2.45, 2.75) is 70.9 Å². The third-order valence-electron chi connectivity index (χ3n) is 7.54. The number of hydrogen-bond acceptors (Lipinski definition) is 5. The first kappa shape index (κ1) is 25.6. The molecule has 0 atom stereocenters. The number of nitrogens with two attached hydrogens (primary N) is 2. The Hall–Kier alpha value is -4.06. The zero-order chi connectivity index (χ0) is 26.8. The number of benzene rings is 1. The van der Waals surface area contributed by atoms with Gasteiger partial charge >= 0.3 is 0 Å². The molecule has 1 saturated heterocycles. The summed E-state index contributed by atoms with van der Waals surface area (Å²) in [4.78, 5) is 26.5. The van der Waals surface area contributed by atoms with Crippen LogP contribution in [-0.2, 0) is 11.3 Å². The molecule has 3 heterocycles. The molecule has 1 aliphatic heterocycles. The van der Waals surface area contributed by atoms with Crippen molar-refractivity contribution in [1.29, 1.82) is 0 Å². The van der Waals surface area contributed by atoms with Gasteiger partial charge in [-0.1, -0.05) is 30.2 Å². The van der Waals surface area contributed by atoms with Crippen LogP contribution < -0.4 is 11.5 Å². The first-order valence-corrected chi connectivity index (χ1v) is 13.4. The number of aryl methyl sites for hydroxylation is 1. The molecule has 198 valence electrons. The number of hydrogen-bond donors (Lipinski definition) is 2. The van der Waals surface area contributed by atoms with E-state index < -0.39 is 5.91 Å². The first-order chi connectivity index (χ1) is 18.4. The topological polar surface area (TPSA) is 125 Å². The first-order valence-electron chi connectivity index (χ1n) is 13.4. The molecule has 2 amide bonds. The molecule has 2 aromatic heterocycles. The van der Waals surface area contributed by atoms with E-state index in [1.165, 1.54) is 24.0 Å². The van der Waals surface area contributed by atoms with Crippen molar-refractivity contribution in [3.8, 4) is 23.1 Å². The highest BCUT2D eigenvalue weighted by atomic mass is 16.2. The maximum Gasteiger partial charge on any atom is 0.298 e. The fourth-order valence-corrected chi connectivity index (χ4v) is 5.46. The SMILES string of the molecule is CC#CC(=O)N1CCCC(n2nc(-c3cn(Cc4cccc(C5CC5)c4)nc3C)c(C(N)=O)c2N)CCC1. The van der Waals surface area contributed by atoms with Crippen LogP contribution in [0.5, 0.6) is 0 Å². The Morgan fingerprint density at radius 2 is 1.84 bits per heavy atom. The second-order valence-electron chi connectivity index (χ2n) is 10.4. The molecule has 1 aliphatic carbocycles. The summed E-state index contributed by atoms with van der Waals surface area (Å²) < 4.78 is 3.64. The smallest absolute Gasteiger partial charge is 0.298 e. The van der Waals surface area contributed by atoms with E-state index in [-0.39, 0.29) is 23.3 Å². The van der Waals surface area contributed by atoms with Crippen LogP contribution in [0.4, 0.5) is 5.82 Å². The summed E-state index contributed by atoms with van der Waals surface area (Å²) in [7, 11) is 0. The average Bonchev–Trinajstić information content (AvgIpc) is 3.57. The number of likely N-dealkylation sites (tertiary alicyclic amines) is 1. The van der Waals surface area contributed by atoms with Gasteiger partial charge in [0.1, 0.15) is 17.1 Å². The van der Waals surface area contributed by atoms with Crippen LogP contribution >= 0.6 is 0 Å². The number of rotatable bonds is 6. The number of nitrogens with zero attached hydrogens (tertiary/aromatic N) is 5. The van der Waals surface area contributed by atoms with Crippen molar-refractivity contribution in [3.63, 3.8) is 0 Å². The van der Waals surface area contributed by atoms with Crippen LogP contribution in [0.25, 0.3) is 11.3 Å². The summed E-state index contributed by atoms with van der Waals surface area (Å²) in [5, 5.41) is 9.56. The van der Waals surface area contributed by atoms with Crippen molar-refractivity contribution in [2.24, 2.45) is 5.73 Å². The fraction of sp³-hybridized carbons (Fsp3) is 0.448. The second-order valence-corrected chi connectivity index (χ2v) is 10.4. The molecule has 5 rings (SSSR count). The zero-order valence-electron chi connectivity index (χ0n) is 22.1. The quantitative estimate of drug-likeness (QED) is 0.487. The van der Waals surface area contributed by atoms with E-state index in [9.17, 15) is 9.59 Å². The Kier molecular flexibility index (Phi) is 7.23. The van der Waals surface area contributed by atoms with E-state index >= 15 is 0 Å². The largest absolute Gasteiger partial charge is 0.383 e. The van der Waals surface area contributed by atoms with Gasteiger partial charge in [0, 0.05) is 24.8 Å². The maximum absolute atomic E-state index is 12.5. The van der Waals surface area contributed by atoms with E-state index in [2.05, 4.69) is 36.1 Å². The van der Waals surface area contributed by atoms with Crippen LogP contribution in [0.2, 0.25) is 0 Å². The number of amides is 2. The predicted molar refractivity (Wildman–Crippen MR) is 146 cm³/mol. The van der Waals surface area contributed by atoms with Crippen LogP contribution in [0, 0.1) is 18.8 Å². The van der Waals surface area contributed by atoms with Crippen molar-refractivity contribution >= 4 is 17.6 Å². The van der Waals surface area contributed by atoms with Crippen molar-refractivity contribution < 1.29 is 9.59 Å². The van der Waals surface area contributed by atoms with Gasteiger partial charge in [0.25, 0.3) is 11.8 Å². The molecule has 0 spiro atoms. The molecule has 3 aromatic rings. The minimum absolute atomic E-state index is 0.0110. The summed E-state index contributed by atoms with van der Waals surface area (Å²) >= 11 is 0. The third kappa shape index (κ3) is 5.30. The maximum atomic E-state index is 12.5. The number of carbonyl (C=O) groups excluding carboxylic acids is 2. The molecule has 9 nitrogen and oxygen atoms in total. The Morgan fingerprint density at radius 3 is 2.50 bits per heavy atom. The van der Waals surface area contributed by atoms with Crippen molar-refractivity contribution in [1.82, 2.24) is 24.5 Å². The van der Waals surface area contributed by atoms with Gasteiger partial charge in [-0.25, -0.2) is 4.68 Å². The van der Waals surface area contributed by atoms with Gasteiger partial charge in [-0.2, -0.15) is 10.2 Å². The zero-order valence-corrected chi connectivity index (χ0v) is 22.1. The van der Waals surface area contributed by atoms with Crippen molar-refractivity contribution in [3.05, 3.63) is 52.8 Å². The highest BCUT2D eigenvalue weighted by molar-refractivity contribution is 6.03. The number of carbonyl (C=O) groups is 2. The summed E-state index contributed by atoms with van der Waals surface area (Å²) in [6, 6.07) is 8.68. The molecule has 4 N–H and O–H groups in total.